The molecule has 0 saturated carbocycles. The highest BCUT2D eigenvalue weighted by Gasteiger charge is 2.19. The highest BCUT2D eigenvalue weighted by Crippen LogP contribution is 2.15. The molecule has 0 atom stereocenters. The van der Waals surface area contributed by atoms with Crippen LogP contribution in [0, 0.1) is 0 Å². The van der Waals surface area contributed by atoms with E-state index in [0.29, 0.717) is 25.0 Å². The molecule has 0 bridgehead atoms. The molecule has 0 spiro atoms. The Hall–Kier alpha value is -1.63. The van der Waals surface area contributed by atoms with Crippen molar-refractivity contribution in [2.45, 2.75) is 26.4 Å². The lowest BCUT2D eigenvalue weighted by Gasteiger charge is -2.25. The quantitative estimate of drug-likeness (QED) is 0.766. The van der Waals surface area contributed by atoms with E-state index >= 15 is 0 Å². The predicted molar refractivity (Wildman–Crippen MR) is 70.1 cm³/mol. The van der Waals surface area contributed by atoms with Gasteiger partial charge in [0.05, 0.1) is 12.7 Å². The van der Waals surface area contributed by atoms with Gasteiger partial charge < -0.3 is 20.1 Å². The van der Waals surface area contributed by atoms with Gasteiger partial charge in [0.2, 0.25) is 11.9 Å². The van der Waals surface area contributed by atoms with E-state index < -0.39 is 5.60 Å². The van der Waals surface area contributed by atoms with Crippen molar-refractivity contribution in [3.05, 3.63) is 0 Å². The van der Waals surface area contributed by atoms with E-state index in [4.69, 9.17) is 4.74 Å². The highest BCUT2D eigenvalue weighted by molar-refractivity contribution is 5.37. The fraction of sp³-hybridized carbons (Fsp3) is 0.727. The number of anilines is 2. The van der Waals surface area contributed by atoms with Crippen LogP contribution in [0.5, 0.6) is 6.01 Å². The molecule has 0 aromatic carbocycles. The molecule has 18 heavy (non-hydrogen) atoms. The van der Waals surface area contributed by atoms with Gasteiger partial charge in [0.1, 0.15) is 0 Å². The molecule has 102 valence electrons. The van der Waals surface area contributed by atoms with Gasteiger partial charge in [-0.15, -0.1) is 0 Å². The van der Waals surface area contributed by atoms with Crippen molar-refractivity contribution in [1.29, 1.82) is 0 Å². The minimum absolute atomic E-state index is 0.249. The molecule has 7 nitrogen and oxygen atoms in total. The van der Waals surface area contributed by atoms with E-state index in [1.807, 2.05) is 14.0 Å². The van der Waals surface area contributed by atoms with Gasteiger partial charge >= 0.3 is 6.01 Å². The normalized spacial score (nSPS) is 11.2. The van der Waals surface area contributed by atoms with Gasteiger partial charge in [0.25, 0.3) is 0 Å². The van der Waals surface area contributed by atoms with Gasteiger partial charge in [-0.2, -0.15) is 15.0 Å². The molecule has 1 aromatic rings. The minimum Gasteiger partial charge on any atom is -0.467 e. The Kier molecular flexibility index (Phi) is 4.66. The van der Waals surface area contributed by atoms with Crippen LogP contribution in [0.4, 0.5) is 11.9 Å². The first-order valence-electron chi connectivity index (χ1n) is 5.83. The summed E-state index contributed by atoms with van der Waals surface area (Å²) in [6.45, 7) is 6.53. The number of aromatic nitrogens is 3. The Bertz CT molecular complexity index is 392. The summed E-state index contributed by atoms with van der Waals surface area (Å²) in [5.74, 6) is 0.918. The van der Waals surface area contributed by atoms with Crippen LogP contribution in [0.25, 0.3) is 0 Å². The second-order valence-corrected chi connectivity index (χ2v) is 4.64. The zero-order valence-corrected chi connectivity index (χ0v) is 11.6. The van der Waals surface area contributed by atoms with Crippen LogP contribution in [0.3, 0.4) is 0 Å². The summed E-state index contributed by atoms with van der Waals surface area (Å²) >= 11 is 0. The van der Waals surface area contributed by atoms with Crippen molar-refractivity contribution in [1.82, 2.24) is 15.0 Å². The van der Waals surface area contributed by atoms with Crippen molar-refractivity contribution in [3.8, 4) is 6.01 Å². The van der Waals surface area contributed by atoms with Gasteiger partial charge in [-0.25, -0.2) is 0 Å². The summed E-state index contributed by atoms with van der Waals surface area (Å²) in [5, 5.41) is 12.8. The number of rotatable bonds is 6. The molecule has 0 aliphatic heterocycles. The van der Waals surface area contributed by atoms with Crippen molar-refractivity contribution in [2.75, 3.05) is 37.5 Å². The molecular formula is C11H21N5O2. The van der Waals surface area contributed by atoms with Crippen LogP contribution < -0.4 is 15.0 Å². The Morgan fingerprint density at radius 1 is 1.33 bits per heavy atom. The van der Waals surface area contributed by atoms with Crippen molar-refractivity contribution >= 4 is 11.9 Å². The summed E-state index contributed by atoms with van der Waals surface area (Å²) in [7, 11) is 3.31. The zero-order chi connectivity index (χ0) is 13.8. The lowest BCUT2D eigenvalue weighted by molar-refractivity contribution is 0.0882. The van der Waals surface area contributed by atoms with Gasteiger partial charge in [-0.3, -0.25) is 0 Å². The van der Waals surface area contributed by atoms with Crippen LogP contribution in [-0.4, -0.2) is 52.9 Å². The van der Waals surface area contributed by atoms with E-state index in [-0.39, 0.29) is 6.01 Å². The number of nitrogens with zero attached hydrogens (tertiary/aromatic N) is 4. The smallest absolute Gasteiger partial charge is 0.322 e. The molecule has 1 aromatic heterocycles. The van der Waals surface area contributed by atoms with Crippen LogP contribution in [0.1, 0.15) is 20.8 Å². The molecule has 0 radical (unpaired) electrons. The third-order valence-electron chi connectivity index (χ3n) is 2.09. The minimum atomic E-state index is -0.826. The van der Waals surface area contributed by atoms with Gasteiger partial charge in [-0.1, -0.05) is 0 Å². The van der Waals surface area contributed by atoms with Crippen molar-refractivity contribution in [3.63, 3.8) is 0 Å². The summed E-state index contributed by atoms with van der Waals surface area (Å²) in [5.41, 5.74) is -0.826. The van der Waals surface area contributed by atoms with Crippen molar-refractivity contribution < 1.29 is 9.84 Å². The molecule has 0 amide bonds. The summed E-state index contributed by atoms with van der Waals surface area (Å²) in [6, 6.07) is 0.249. The largest absolute Gasteiger partial charge is 0.467 e. The second kappa shape index (κ2) is 5.81. The fourth-order valence-electron chi connectivity index (χ4n) is 1.50. The Morgan fingerprint density at radius 2 is 2.00 bits per heavy atom. The highest BCUT2D eigenvalue weighted by atomic mass is 16.5. The summed E-state index contributed by atoms with van der Waals surface area (Å²) in [4.78, 5) is 14.2. The average molecular weight is 255 g/mol. The molecule has 7 heteroatoms. The van der Waals surface area contributed by atoms with E-state index in [9.17, 15) is 5.11 Å². The third kappa shape index (κ3) is 4.33. The first-order valence-corrected chi connectivity index (χ1v) is 5.83. The topological polar surface area (TPSA) is 83.4 Å². The third-order valence-corrected chi connectivity index (χ3v) is 2.09. The van der Waals surface area contributed by atoms with Crippen LogP contribution >= 0.6 is 0 Å². The molecular weight excluding hydrogens is 234 g/mol. The standard InChI is InChI=1S/C11H21N5O2/c1-6-12-8-13-9(15-10(14-8)18-5)16(4)7-11(2,3)17/h17H,6-7H2,1-5H3,(H,12,13,14,15). The fourth-order valence-corrected chi connectivity index (χ4v) is 1.50. The van der Waals surface area contributed by atoms with Crippen molar-refractivity contribution in [2.24, 2.45) is 0 Å². The molecule has 0 aliphatic rings. The first kappa shape index (κ1) is 14.4. The van der Waals surface area contributed by atoms with E-state index in [2.05, 4.69) is 20.3 Å². The Labute approximate surface area is 107 Å². The molecule has 2 N–H and O–H groups in total. The second-order valence-electron chi connectivity index (χ2n) is 4.64. The van der Waals surface area contributed by atoms with E-state index in [1.165, 1.54) is 7.11 Å². The molecule has 1 rings (SSSR count). The number of nitrogens with one attached hydrogen (secondary N) is 1. The molecule has 0 fully saturated rings. The van der Waals surface area contributed by atoms with Gasteiger partial charge in [0.15, 0.2) is 0 Å². The summed E-state index contributed by atoms with van der Waals surface area (Å²) in [6.07, 6.45) is 0. The number of likely N-dealkylation sites (N-methyl/N-ethyl adjacent to an activating group) is 1. The number of aliphatic hydroxyl groups is 1. The lowest BCUT2D eigenvalue weighted by Crippen LogP contribution is -2.37. The number of methoxy groups -OCH3 is 1. The number of hydrogen-bond acceptors (Lipinski definition) is 7. The lowest BCUT2D eigenvalue weighted by atomic mass is 10.1. The zero-order valence-electron chi connectivity index (χ0n) is 11.6. The van der Waals surface area contributed by atoms with E-state index in [0.717, 1.165) is 0 Å². The number of ether oxygens (including phenoxy) is 1. The van der Waals surface area contributed by atoms with Crippen LogP contribution in [0.15, 0.2) is 0 Å². The Balaban J connectivity index is 2.96. The molecule has 0 aliphatic carbocycles. The molecule has 0 saturated heterocycles. The van der Waals surface area contributed by atoms with Gasteiger partial charge in [0, 0.05) is 20.1 Å². The van der Waals surface area contributed by atoms with Crippen LogP contribution in [-0.2, 0) is 0 Å². The Morgan fingerprint density at radius 3 is 2.50 bits per heavy atom. The summed E-state index contributed by atoms with van der Waals surface area (Å²) < 4.78 is 5.03. The predicted octanol–water partition coefficient (Wildman–Crippen LogP) is 0.519. The average Bonchev–Trinajstić information content (AvgIpc) is 2.26. The maximum atomic E-state index is 9.79. The number of hydrogen-bond donors (Lipinski definition) is 2. The van der Waals surface area contributed by atoms with Crippen LogP contribution in [0.2, 0.25) is 0 Å². The first-order chi connectivity index (χ1) is 8.35. The maximum Gasteiger partial charge on any atom is 0.322 e. The van der Waals surface area contributed by atoms with E-state index in [1.54, 1.807) is 18.7 Å². The molecule has 0 unspecified atom stereocenters. The maximum absolute atomic E-state index is 9.79. The monoisotopic (exact) mass is 255 g/mol. The molecule has 1 heterocycles. The SMILES string of the molecule is CCNc1nc(OC)nc(N(C)CC(C)(C)O)n1. The van der Waals surface area contributed by atoms with Gasteiger partial charge in [-0.05, 0) is 20.8 Å².